The van der Waals surface area contributed by atoms with Gasteiger partial charge in [-0.1, -0.05) is 17.7 Å². The Morgan fingerprint density at radius 2 is 2.00 bits per heavy atom. The first-order chi connectivity index (χ1) is 8.19. The molecule has 0 saturated carbocycles. The molecule has 0 heterocycles. The van der Waals surface area contributed by atoms with Crippen LogP contribution in [-0.4, -0.2) is 26.2 Å². The maximum Gasteiger partial charge on any atom is 0.274 e. The Balaban J connectivity index is 3.08. The van der Waals surface area contributed by atoms with Crippen LogP contribution in [0.5, 0.6) is 0 Å². The standard InChI is InChI=1S/C10H12ClFN2O3S/c1-6-3-4-7(14-18(2,16)17)8(5-6)13-10(15)9(11)12/h3-5,9,14H,1-2H3,(H,13,15). The first-order valence-corrected chi connectivity index (χ1v) is 7.19. The maximum absolute atomic E-state index is 12.6. The van der Waals surface area contributed by atoms with Gasteiger partial charge in [0, 0.05) is 0 Å². The van der Waals surface area contributed by atoms with Crippen molar-refractivity contribution in [2.24, 2.45) is 0 Å². The summed E-state index contributed by atoms with van der Waals surface area (Å²) in [6.45, 7) is 1.74. The number of benzene rings is 1. The molecule has 0 aliphatic rings. The van der Waals surface area contributed by atoms with Crippen LogP contribution >= 0.6 is 11.6 Å². The largest absolute Gasteiger partial charge is 0.321 e. The fraction of sp³-hybridized carbons (Fsp3) is 0.300. The number of hydrogen-bond donors (Lipinski definition) is 2. The van der Waals surface area contributed by atoms with Gasteiger partial charge in [0.1, 0.15) is 0 Å². The number of anilines is 2. The number of rotatable bonds is 4. The molecule has 0 aliphatic heterocycles. The highest BCUT2D eigenvalue weighted by atomic mass is 35.5. The van der Waals surface area contributed by atoms with Gasteiger partial charge >= 0.3 is 0 Å². The summed E-state index contributed by atoms with van der Waals surface area (Å²) in [6, 6.07) is 4.62. The van der Waals surface area contributed by atoms with E-state index in [1.54, 1.807) is 13.0 Å². The van der Waals surface area contributed by atoms with Crippen LogP contribution in [0.2, 0.25) is 0 Å². The number of nitrogens with one attached hydrogen (secondary N) is 2. The summed E-state index contributed by atoms with van der Waals surface area (Å²) in [6.07, 6.45) is 0.970. The van der Waals surface area contributed by atoms with Gasteiger partial charge in [0.2, 0.25) is 10.0 Å². The van der Waals surface area contributed by atoms with Crippen molar-refractivity contribution in [2.45, 2.75) is 12.6 Å². The van der Waals surface area contributed by atoms with E-state index in [9.17, 15) is 17.6 Å². The Hall–Kier alpha value is -1.34. The van der Waals surface area contributed by atoms with Crippen molar-refractivity contribution in [3.05, 3.63) is 23.8 Å². The minimum atomic E-state index is -3.50. The smallest absolute Gasteiger partial charge is 0.274 e. The van der Waals surface area contributed by atoms with Gasteiger partial charge in [-0.05, 0) is 24.6 Å². The summed E-state index contributed by atoms with van der Waals surface area (Å²) < 4.78 is 37.0. The van der Waals surface area contributed by atoms with Gasteiger partial charge in [0.25, 0.3) is 11.5 Å². The molecule has 1 rings (SSSR count). The third kappa shape index (κ3) is 4.50. The highest BCUT2D eigenvalue weighted by Gasteiger charge is 2.16. The minimum absolute atomic E-state index is 0.147. The molecule has 0 spiro atoms. The second-order valence-electron chi connectivity index (χ2n) is 3.71. The molecular formula is C10H12ClFN2O3S. The molecule has 0 aliphatic carbocycles. The molecule has 0 saturated heterocycles. The lowest BCUT2D eigenvalue weighted by Gasteiger charge is -2.12. The SMILES string of the molecule is Cc1ccc(NS(C)(=O)=O)c(NC(=O)C(F)Cl)c1. The third-order valence-corrected chi connectivity index (χ3v) is 2.72. The maximum atomic E-state index is 12.6. The molecule has 100 valence electrons. The third-order valence-electron chi connectivity index (χ3n) is 1.93. The van der Waals surface area contributed by atoms with E-state index in [4.69, 9.17) is 11.6 Å². The van der Waals surface area contributed by atoms with Crippen molar-refractivity contribution in [2.75, 3.05) is 16.3 Å². The van der Waals surface area contributed by atoms with Gasteiger partial charge in [-0.15, -0.1) is 0 Å². The lowest BCUT2D eigenvalue weighted by molar-refractivity contribution is -0.118. The number of carbonyl (C=O) groups excluding carboxylic acids is 1. The molecule has 0 bridgehead atoms. The fourth-order valence-electron chi connectivity index (χ4n) is 1.24. The normalized spacial score (nSPS) is 12.9. The van der Waals surface area contributed by atoms with E-state index in [2.05, 4.69) is 10.0 Å². The van der Waals surface area contributed by atoms with Crippen LogP contribution in [0, 0.1) is 6.92 Å². The van der Waals surface area contributed by atoms with Crippen molar-refractivity contribution in [3.63, 3.8) is 0 Å². The van der Waals surface area contributed by atoms with Gasteiger partial charge in [-0.25, -0.2) is 12.8 Å². The highest BCUT2D eigenvalue weighted by molar-refractivity contribution is 7.92. The summed E-state index contributed by atoms with van der Waals surface area (Å²) in [4.78, 5) is 11.1. The number of sulfonamides is 1. The second kappa shape index (κ2) is 5.53. The molecule has 5 nitrogen and oxygen atoms in total. The number of hydrogen-bond acceptors (Lipinski definition) is 3. The Bertz CT molecular complexity index is 560. The van der Waals surface area contributed by atoms with Gasteiger partial charge in [-0.3, -0.25) is 9.52 Å². The van der Waals surface area contributed by atoms with Crippen LogP contribution in [0.3, 0.4) is 0 Å². The first kappa shape index (κ1) is 14.7. The summed E-state index contributed by atoms with van der Waals surface area (Å²) in [5, 5.41) is 2.20. The molecule has 0 fully saturated rings. The zero-order valence-electron chi connectivity index (χ0n) is 9.70. The minimum Gasteiger partial charge on any atom is -0.321 e. The molecule has 8 heteroatoms. The second-order valence-corrected chi connectivity index (χ2v) is 5.84. The number of carbonyl (C=O) groups is 1. The van der Waals surface area contributed by atoms with Crippen molar-refractivity contribution in [3.8, 4) is 0 Å². The van der Waals surface area contributed by atoms with Crippen molar-refractivity contribution >= 4 is 38.9 Å². The Labute approximate surface area is 109 Å². The molecule has 0 aromatic heterocycles. The highest BCUT2D eigenvalue weighted by Crippen LogP contribution is 2.24. The Morgan fingerprint density at radius 3 is 2.50 bits per heavy atom. The summed E-state index contributed by atoms with van der Waals surface area (Å²) in [7, 11) is -3.50. The number of halogens is 2. The molecule has 1 amide bonds. The summed E-state index contributed by atoms with van der Waals surface area (Å²) in [5.41, 5.74) is -1.13. The van der Waals surface area contributed by atoms with E-state index in [1.807, 2.05) is 0 Å². The molecule has 1 aromatic rings. The van der Waals surface area contributed by atoms with Gasteiger partial charge < -0.3 is 5.32 Å². The number of aryl methyl sites for hydroxylation is 1. The van der Waals surface area contributed by atoms with Crippen LogP contribution < -0.4 is 10.0 Å². The van der Waals surface area contributed by atoms with Gasteiger partial charge in [0.15, 0.2) is 0 Å². The van der Waals surface area contributed by atoms with Crippen molar-refractivity contribution in [1.82, 2.24) is 0 Å². The average molecular weight is 295 g/mol. The number of amides is 1. The fourth-order valence-corrected chi connectivity index (χ4v) is 1.87. The Morgan fingerprint density at radius 1 is 1.39 bits per heavy atom. The van der Waals surface area contributed by atoms with E-state index in [-0.39, 0.29) is 11.4 Å². The summed E-state index contributed by atoms with van der Waals surface area (Å²) >= 11 is 4.99. The first-order valence-electron chi connectivity index (χ1n) is 4.86. The lowest BCUT2D eigenvalue weighted by Crippen LogP contribution is -2.21. The van der Waals surface area contributed by atoms with Crippen LogP contribution in [-0.2, 0) is 14.8 Å². The molecule has 2 N–H and O–H groups in total. The number of alkyl halides is 2. The summed E-state index contributed by atoms with van der Waals surface area (Å²) in [5.74, 6) is -1.06. The zero-order chi connectivity index (χ0) is 13.9. The van der Waals surface area contributed by atoms with E-state index >= 15 is 0 Å². The molecule has 0 radical (unpaired) electrons. The lowest BCUT2D eigenvalue weighted by atomic mass is 10.2. The van der Waals surface area contributed by atoms with Gasteiger partial charge in [-0.2, -0.15) is 0 Å². The van der Waals surface area contributed by atoms with E-state index < -0.39 is 21.6 Å². The van der Waals surface area contributed by atoms with E-state index in [0.717, 1.165) is 11.8 Å². The Kier molecular flexibility index (Phi) is 4.53. The van der Waals surface area contributed by atoms with Crippen LogP contribution in [0.4, 0.5) is 15.8 Å². The molecule has 1 unspecified atom stereocenters. The molecule has 18 heavy (non-hydrogen) atoms. The predicted octanol–water partition coefficient (Wildman–Crippen LogP) is 1.84. The monoisotopic (exact) mass is 294 g/mol. The zero-order valence-corrected chi connectivity index (χ0v) is 11.3. The van der Waals surface area contributed by atoms with Crippen LogP contribution in [0.1, 0.15) is 5.56 Å². The van der Waals surface area contributed by atoms with E-state index in [0.29, 0.717) is 0 Å². The van der Waals surface area contributed by atoms with Crippen molar-refractivity contribution < 1.29 is 17.6 Å². The molecule has 1 aromatic carbocycles. The van der Waals surface area contributed by atoms with Crippen LogP contribution in [0.15, 0.2) is 18.2 Å². The van der Waals surface area contributed by atoms with Crippen molar-refractivity contribution in [1.29, 1.82) is 0 Å². The average Bonchev–Trinajstić information content (AvgIpc) is 2.20. The van der Waals surface area contributed by atoms with Crippen LogP contribution in [0.25, 0.3) is 0 Å². The quantitative estimate of drug-likeness (QED) is 0.832. The predicted molar refractivity (Wildman–Crippen MR) is 69.0 cm³/mol. The molecule has 1 atom stereocenters. The molecular weight excluding hydrogens is 283 g/mol. The topological polar surface area (TPSA) is 75.3 Å². The van der Waals surface area contributed by atoms with Gasteiger partial charge in [0.05, 0.1) is 17.6 Å². The van der Waals surface area contributed by atoms with E-state index in [1.165, 1.54) is 12.1 Å².